The number of imidazole rings is 1. The third-order valence-electron chi connectivity index (χ3n) is 6.06. The molecule has 0 bridgehead atoms. The van der Waals surface area contributed by atoms with E-state index in [0.29, 0.717) is 26.1 Å². The predicted octanol–water partition coefficient (Wildman–Crippen LogP) is 3.55. The van der Waals surface area contributed by atoms with Crippen molar-refractivity contribution in [2.45, 2.75) is 46.3 Å². The number of nitrogens with two attached hydrogens (primary N) is 1. The van der Waals surface area contributed by atoms with Crippen molar-refractivity contribution in [3.05, 3.63) is 84.6 Å². The molecule has 0 aliphatic heterocycles. The summed E-state index contributed by atoms with van der Waals surface area (Å²) in [6.45, 7) is 8.12. The van der Waals surface area contributed by atoms with Gasteiger partial charge in [-0.05, 0) is 34.4 Å². The second-order valence-electron chi connectivity index (χ2n) is 9.97. The van der Waals surface area contributed by atoms with Gasteiger partial charge in [0, 0.05) is 24.8 Å². The van der Waals surface area contributed by atoms with Crippen molar-refractivity contribution in [2.24, 2.45) is 11.1 Å². The zero-order chi connectivity index (χ0) is 25.5. The number of amides is 1. The van der Waals surface area contributed by atoms with Crippen LogP contribution < -0.4 is 5.73 Å². The van der Waals surface area contributed by atoms with Crippen LogP contribution in [0, 0.1) is 5.41 Å². The van der Waals surface area contributed by atoms with Gasteiger partial charge in [0.25, 0.3) is 0 Å². The molecular weight excluding hydrogens is 452 g/mol. The number of tetrazole rings is 1. The molecule has 2 N–H and O–H groups in total. The lowest BCUT2D eigenvalue weighted by atomic mass is 9.84. The third-order valence-corrected chi connectivity index (χ3v) is 6.06. The Bertz CT molecular complexity index is 1230. The first-order valence-electron chi connectivity index (χ1n) is 12.2. The largest absolute Gasteiger partial charge is 0.330 e. The summed E-state index contributed by atoms with van der Waals surface area (Å²) >= 11 is 0. The van der Waals surface area contributed by atoms with Gasteiger partial charge in [-0.15, -0.1) is 5.10 Å². The first-order valence-corrected chi connectivity index (χ1v) is 12.2. The van der Waals surface area contributed by atoms with Gasteiger partial charge in [-0.1, -0.05) is 81.4 Å². The van der Waals surface area contributed by atoms with Crippen LogP contribution in [0.2, 0.25) is 0 Å². The van der Waals surface area contributed by atoms with Gasteiger partial charge in [0.05, 0.1) is 11.7 Å². The van der Waals surface area contributed by atoms with Gasteiger partial charge in [0.1, 0.15) is 18.7 Å². The maximum Gasteiger partial charge on any atom is 0.245 e. The average Bonchev–Trinajstić information content (AvgIpc) is 3.52. The molecule has 4 aromatic rings. The summed E-state index contributed by atoms with van der Waals surface area (Å²) < 4.78 is 3.62. The van der Waals surface area contributed by atoms with E-state index >= 15 is 0 Å². The van der Waals surface area contributed by atoms with E-state index in [4.69, 9.17) is 10.7 Å². The summed E-state index contributed by atoms with van der Waals surface area (Å²) in [4.78, 5) is 20.7. The highest BCUT2D eigenvalue weighted by atomic mass is 16.2. The van der Waals surface area contributed by atoms with Crippen molar-refractivity contribution in [1.82, 2.24) is 34.7 Å². The maximum atomic E-state index is 13.7. The van der Waals surface area contributed by atoms with Gasteiger partial charge in [0.2, 0.25) is 5.91 Å². The fourth-order valence-corrected chi connectivity index (χ4v) is 4.44. The zero-order valence-corrected chi connectivity index (χ0v) is 21.2. The van der Waals surface area contributed by atoms with Crippen LogP contribution in [0.25, 0.3) is 11.3 Å². The first kappa shape index (κ1) is 25.2. The van der Waals surface area contributed by atoms with Crippen molar-refractivity contribution in [3.63, 3.8) is 0 Å². The molecule has 36 heavy (non-hydrogen) atoms. The van der Waals surface area contributed by atoms with Gasteiger partial charge in [-0.3, -0.25) is 4.79 Å². The van der Waals surface area contributed by atoms with Crippen LogP contribution in [-0.4, -0.2) is 53.7 Å². The summed E-state index contributed by atoms with van der Waals surface area (Å²) in [6.07, 6.45) is 4.22. The van der Waals surface area contributed by atoms with Gasteiger partial charge in [-0.25, -0.2) is 9.67 Å². The molecule has 1 atom stereocenters. The van der Waals surface area contributed by atoms with Gasteiger partial charge in [0.15, 0.2) is 0 Å². The lowest BCUT2D eigenvalue weighted by Crippen LogP contribution is -2.45. The quantitative estimate of drug-likeness (QED) is 0.367. The minimum Gasteiger partial charge on any atom is -0.330 e. The Morgan fingerprint density at radius 2 is 1.75 bits per heavy atom. The van der Waals surface area contributed by atoms with Gasteiger partial charge in [-0.2, -0.15) is 0 Å². The minimum atomic E-state index is -0.307. The molecule has 0 spiro atoms. The molecule has 2 aromatic heterocycles. The van der Waals surface area contributed by atoms with Crippen LogP contribution in [0.4, 0.5) is 0 Å². The summed E-state index contributed by atoms with van der Waals surface area (Å²) in [5.41, 5.74) is 8.64. The molecule has 9 heteroatoms. The smallest absolute Gasteiger partial charge is 0.245 e. The van der Waals surface area contributed by atoms with Gasteiger partial charge >= 0.3 is 0 Å². The molecule has 2 aromatic carbocycles. The Labute approximate surface area is 212 Å². The fourth-order valence-electron chi connectivity index (χ4n) is 4.44. The third kappa shape index (κ3) is 6.04. The Morgan fingerprint density at radius 3 is 2.36 bits per heavy atom. The van der Waals surface area contributed by atoms with Crippen LogP contribution in [-0.2, 0) is 17.9 Å². The molecule has 0 saturated heterocycles. The van der Waals surface area contributed by atoms with Crippen molar-refractivity contribution < 1.29 is 4.79 Å². The van der Waals surface area contributed by atoms with E-state index in [-0.39, 0.29) is 23.9 Å². The summed E-state index contributed by atoms with van der Waals surface area (Å²) in [6, 6.07) is 20.1. The Hall–Kier alpha value is -3.85. The van der Waals surface area contributed by atoms with Crippen molar-refractivity contribution in [2.75, 3.05) is 13.1 Å². The Kier molecular flexibility index (Phi) is 7.90. The summed E-state index contributed by atoms with van der Waals surface area (Å²) in [5, 5.41) is 11.2. The van der Waals surface area contributed by atoms with Crippen molar-refractivity contribution in [3.8, 4) is 11.3 Å². The lowest BCUT2D eigenvalue weighted by Gasteiger charge is -2.40. The second-order valence-corrected chi connectivity index (χ2v) is 9.97. The highest BCUT2D eigenvalue weighted by Crippen LogP contribution is 2.39. The number of carbonyl (C=O) groups excluding carboxylic acids is 1. The van der Waals surface area contributed by atoms with E-state index in [1.807, 2.05) is 41.3 Å². The Balaban J connectivity index is 1.81. The number of carbonyl (C=O) groups is 1. The molecule has 0 aliphatic rings. The van der Waals surface area contributed by atoms with E-state index in [2.05, 4.69) is 71.3 Å². The number of hydrogen-bond acceptors (Lipinski definition) is 6. The highest BCUT2D eigenvalue weighted by Gasteiger charge is 2.38. The molecule has 0 radical (unpaired) electrons. The summed E-state index contributed by atoms with van der Waals surface area (Å²) in [7, 11) is 0. The number of nitrogens with zero attached hydrogens (tertiary/aromatic N) is 7. The van der Waals surface area contributed by atoms with Crippen molar-refractivity contribution in [1.29, 1.82) is 0 Å². The molecule has 9 nitrogen and oxygen atoms in total. The number of benzene rings is 2. The lowest BCUT2D eigenvalue weighted by molar-refractivity contribution is -0.137. The number of hydrogen-bond donors (Lipinski definition) is 1. The van der Waals surface area contributed by atoms with E-state index in [9.17, 15) is 4.79 Å². The standard InChI is InChI=1S/C27H34N8O/c1-27(2,3)25(35(16-10-15-28)24(36)19-34-20-29-31-32-34)26-30-23(22-13-8-5-9-14-22)18-33(26)17-21-11-6-4-7-12-21/h4-9,11-14,18,20,25H,10,15-17,19,28H2,1-3H3/t25-/m0/s1. The monoisotopic (exact) mass is 486 g/mol. The maximum absolute atomic E-state index is 13.7. The van der Waals surface area contributed by atoms with Crippen LogP contribution in [0.1, 0.15) is 44.6 Å². The molecule has 0 fully saturated rings. The molecule has 4 rings (SSSR count). The molecule has 0 aliphatic carbocycles. The van der Waals surface area contributed by atoms with Gasteiger partial charge < -0.3 is 15.2 Å². The Morgan fingerprint density at radius 1 is 1.06 bits per heavy atom. The fraction of sp³-hybridized carbons (Fsp3) is 0.370. The first-order chi connectivity index (χ1) is 17.4. The number of rotatable bonds is 10. The second kappa shape index (κ2) is 11.3. The molecular formula is C27H34N8O. The van der Waals surface area contributed by atoms with Crippen molar-refractivity contribution >= 4 is 5.91 Å². The molecule has 2 heterocycles. The SMILES string of the molecule is CC(C)(C)[C@H](c1nc(-c2ccccc2)cn1Cc1ccccc1)N(CCCN)C(=O)Cn1cnnn1. The van der Waals surface area contributed by atoms with E-state index in [0.717, 1.165) is 22.6 Å². The normalized spacial score (nSPS) is 12.4. The number of aromatic nitrogens is 6. The van der Waals surface area contributed by atoms with Crippen LogP contribution in [0.5, 0.6) is 0 Å². The topological polar surface area (TPSA) is 108 Å². The highest BCUT2D eigenvalue weighted by molar-refractivity contribution is 5.76. The zero-order valence-electron chi connectivity index (χ0n) is 21.2. The van der Waals surface area contributed by atoms with E-state index < -0.39 is 0 Å². The minimum absolute atomic E-state index is 0.0507. The summed E-state index contributed by atoms with van der Waals surface area (Å²) in [5.74, 6) is 0.762. The van der Waals surface area contributed by atoms with E-state index in [1.54, 1.807) is 0 Å². The van der Waals surface area contributed by atoms with Crippen LogP contribution in [0.3, 0.4) is 0 Å². The van der Waals surface area contributed by atoms with Crippen LogP contribution >= 0.6 is 0 Å². The average molecular weight is 487 g/mol. The molecule has 0 saturated carbocycles. The predicted molar refractivity (Wildman–Crippen MR) is 139 cm³/mol. The molecule has 1 amide bonds. The molecule has 0 unspecified atom stereocenters. The van der Waals surface area contributed by atoms with E-state index in [1.165, 1.54) is 11.0 Å². The van der Waals surface area contributed by atoms with Crippen LogP contribution in [0.15, 0.2) is 73.2 Å². The molecule has 188 valence electrons.